The zero-order chi connectivity index (χ0) is 12.0. The van der Waals surface area contributed by atoms with Crippen LogP contribution in [0.15, 0.2) is 29.2 Å². The fourth-order valence-corrected chi connectivity index (χ4v) is 1.95. The van der Waals surface area contributed by atoms with E-state index in [4.69, 9.17) is 9.84 Å². The van der Waals surface area contributed by atoms with Gasteiger partial charge in [-0.05, 0) is 19.1 Å². The zero-order valence-corrected chi connectivity index (χ0v) is 12.6. The first-order chi connectivity index (χ1) is 7.65. The zero-order valence-electron chi connectivity index (χ0n) is 10.8. The third-order valence-electron chi connectivity index (χ3n) is 1.77. The van der Waals surface area contributed by atoms with Crippen LogP contribution >= 0.6 is 11.8 Å². The molecular formula is C11H13NaO4S. The van der Waals surface area contributed by atoms with Gasteiger partial charge in [0.15, 0.2) is 0 Å². The molecule has 0 bridgehead atoms. The van der Waals surface area contributed by atoms with Gasteiger partial charge in [0.05, 0.1) is 17.9 Å². The van der Waals surface area contributed by atoms with E-state index in [-0.39, 0.29) is 48.3 Å². The minimum atomic E-state index is -0.994. The summed E-state index contributed by atoms with van der Waals surface area (Å²) < 4.78 is 4.76. The maximum Gasteiger partial charge on any atom is 1.00 e. The van der Waals surface area contributed by atoms with Crippen molar-refractivity contribution in [2.24, 2.45) is 0 Å². The average molecular weight is 264 g/mol. The Balaban J connectivity index is 0. The monoisotopic (exact) mass is 264 g/mol. The van der Waals surface area contributed by atoms with Crippen LogP contribution in [0.5, 0.6) is 0 Å². The molecule has 0 saturated heterocycles. The number of rotatable bonds is 5. The van der Waals surface area contributed by atoms with Crippen molar-refractivity contribution in [2.75, 3.05) is 12.4 Å². The number of esters is 1. The number of hydrogen-bond acceptors (Lipinski definition) is 4. The normalized spacial score (nSPS) is 9.24. The Kier molecular flexibility index (Phi) is 8.33. The van der Waals surface area contributed by atoms with Crippen LogP contribution in [0.25, 0.3) is 0 Å². The molecule has 0 fully saturated rings. The Bertz CT molecular complexity index is 400. The summed E-state index contributed by atoms with van der Waals surface area (Å²) in [5.41, 5.74) is 0.205. The molecule has 0 aliphatic carbocycles. The minimum absolute atomic E-state index is 0. The van der Waals surface area contributed by atoms with Gasteiger partial charge in [-0.2, -0.15) is 0 Å². The first-order valence-corrected chi connectivity index (χ1v) is 5.74. The summed E-state index contributed by atoms with van der Waals surface area (Å²) in [4.78, 5) is 22.5. The van der Waals surface area contributed by atoms with E-state index >= 15 is 0 Å². The second kappa shape index (κ2) is 8.58. The summed E-state index contributed by atoms with van der Waals surface area (Å²) in [6.07, 6.45) is 0. The van der Waals surface area contributed by atoms with Gasteiger partial charge in [-0.15, -0.1) is 11.8 Å². The molecule has 0 atom stereocenters. The SMILES string of the molecule is CCOC(=O)CSc1ccccc1C(=O)O.[H-].[Na+]. The van der Waals surface area contributed by atoms with Gasteiger partial charge >= 0.3 is 41.5 Å². The summed E-state index contributed by atoms with van der Waals surface area (Å²) >= 11 is 1.17. The van der Waals surface area contributed by atoms with Gasteiger partial charge in [-0.25, -0.2) is 4.79 Å². The van der Waals surface area contributed by atoms with E-state index in [1.807, 2.05) is 0 Å². The van der Waals surface area contributed by atoms with E-state index in [2.05, 4.69) is 0 Å². The van der Waals surface area contributed by atoms with Crippen LogP contribution in [0.3, 0.4) is 0 Å². The van der Waals surface area contributed by atoms with Crippen molar-refractivity contribution < 1.29 is 50.4 Å². The fourth-order valence-electron chi connectivity index (χ4n) is 1.11. The van der Waals surface area contributed by atoms with E-state index in [0.717, 1.165) is 0 Å². The second-order valence-electron chi connectivity index (χ2n) is 2.90. The van der Waals surface area contributed by atoms with Gasteiger partial charge < -0.3 is 11.3 Å². The summed E-state index contributed by atoms with van der Waals surface area (Å²) in [5.74, 6) is -1.21. The molecule has 0 saturated carbocycles. The van der Waals surface area contributed by atoms with Crippen LogP contribution in [0.2, 0.25) is 0 Å². The molecule has 0 unspecified atom stereocenters. The molecule has 17 heavy (non-hydrogen) atoms. The van der Waals surface area contributed by atoms with Crippen molar-refractivity contribution in [3.8, 4) is 0 Å². The molecule has 0 radical (unpaired) electrons. The quantitative estimate of drug-likeness (QED) is 0.427. The number of hydrogen-bond donors (Lipinski definition) is 1. The average Bonchev–Trinajstić information content (AvgIpc) is 2.27. The summed E-state index contributed by atoms with van der Waals surface area (Å²) in [6.45, 7) is 2.06. The Morgan fingerprint density at radius 2 is 2.06 bits per heavy atom. The van der Waals surface area contributed by atoms with E-state index in [9.17, 15) is 9.59 Å². The predicted molar refractivity (Wildman–Crippen MR) is 61.9 cm³/mol. The van der Waals surface area contributed by atoms with Crippen LogP contribution in [0.1, 0.15) is 18.7 Å². The number of carboxylic acids is 1. The number of aromatic carboxylic acids is 1. The van der Waals surface area contributed by atoms with E-state index < -0.39 is 5.97 Å². The van der Waals surface area contributed by atoms with Crippen LogP contribution in [0, 0.1) is 0 Å². The standard InChI is InChI=1S/C11H12O4S.Na.H/c1-2-15-10(12)7-16-9-6-4-3-5-8(9)11(13)14;;/h3-6H,2,7H2,1H3,(H,13,14);;/q;+1;-1. The maximum absolute atomic E-state index is 11.1. The van der Waals surface area contributed by atoms with Gasteiger partial charge in [-0.3, -0.25) is 4.79 Å². The smallest absolute Gasteiger partial charge is 1.00 e. The van der Waals surface area contributed by atoms with Crippen molar-refractivity contribution in [3.63, 3.8) is 0 Å². The van der Waals surface area contributed by atoms with Crippen molar-refractivity contribution >= 4 is 23.7 Å². The van der Waals surface area contributed by atoms with Gasteiger partial charge in [0.1, 0.15) is 0 Å². The first-order valence-electron chi connectivity index (χ1n) is 4.76. The summed E-state index contributed by atoms with van der Waals surface area (Å²) in [5, 5.41) is 8.90. The molecule has 0 aliphatic heterocycles. The molecule has 6 heteroatoms. The van der Waals surface area contributed by atoms with Crippen molar-refractivity contribution in [3.05, 3.63) is 29.8 Å². The first kappa shape index (κ1) is 16.5. The number of carbonyl (C=O) groups excluding carboxylic acids is 1. The molecule has 1 aromatic carbocycles. The van der Waals surface area contributed by atoms with Crippen LogP contribution in [-0.4, -0.2) is 29.4 Å². The van der Waals surface area contributed by atoms with Crippen LogP contribution < -0.4 is 29.6 Å². The predicted octanol–water partition coefficient (Wildman–Crippen LogP) is -0.843. The number of thioether (sulfide) groups is 1. The van der Waals surface area contributed by atoms with E-state index in [0.29, 0.717) is 11.5 Å². The number of carboxylic acid groups (broad SMARTS) is 1. The van der Waals surface area contributed by atoms with Crippen LogP contribution in [-0.2, 0) is 9.53 Å². The molecule has 4 nitrogen and oxygen atoms in total. The van der Waals surface area contributed by atoms with Gasteiger partial charge in [-0.1, -0.05) is 12.1 Å². The molecule has 0 spiro atoms. The number of ether oxygens (including phenoxy) is 1. The molecular weight excluding hydrogens is 251 g/mol. The number of carbonyl (C=O) groups is 2. The summed E-state index contributed by atoms with van der Waals surface area (Å²) in [7, 11) is 0. The van der Waals surface area contributed by atoms with Crippen molar-refractivity contribution in [1.29, 1.82) is 0 Å². The molecule has 88 valence electrons. The Morgan fingerprint density at radius 3 is 2.65 bits per heavy atom. The van der Waals surface area contributed by atoms with E-state index in [1.165, 1.54) is 17.8 Å². The topological polar surface area (TPSA) is 63.6 Å². The molecule has 0 heterocycles. The van der Waals surface area contributed by atoms with Crippen molar-refractivity contribution in [2.45, 2.75) is 11.8 Å². The number of benzene rings is 1. The summed E-state index contributed by atoms with van der Waals surface area (Å²) in [6, 6.07) is 6.57. The largest absolute Gasteiger partial charge is 1.00 e. The minimum Gasteiger partial charge on any atom is -1.00 e. The maximum atomic E-state index is 11.1. The van der Waals surface area contributed by atoms with Gasteiger partial charge in [0.25, 0.3) is 0 Å². The third kappa shape index (κ3) is 5.59. The molecule has 1 N–H and O–H groups in total. The van der Waals surface area contributed by atoms with Crippen molar-refractivity contribution in [1.82, 2.24) is 0 Å². The van der Waals surface area contributed by atoms with Gasteiger partial charge in [0, 0.05) is 4.90 Å². The second-order valence-corrected chi connectivity index (χ2v) is 3.91. The van der Waals surface area contributed by atoms with Crippen LogP contribution in [0.4, 0.5) is 0 Å². The Labute approximate surface area is 128 Å². The van der Waals surface area contributed by atoms with E-state index in [1.54, 1.807) is 25.1 Å². The molecule has 0 aliphatic rings. The molecule has 1 rings (SSSR count). The Hall–Kier alpha value is -0.490. The molecule has 1 aromatic rings. The Morgan fingerprint density at radius 1 is 1.41 bits per heavy atom. The molecule has 0 amide bonds. The third-order valence-corrected chi connectivity index (χ3v) is 2.82. The van der Waals surface area contributed by atoms with Gasteiger partial charge in [0.2, 0.25) is 0 Å². The molecule has 0 aromatic heterocycles. The fraction of sp³-hybridized carbons (Fsp3) is 0.273.